The van der Waals surface area contributed by atoms with Crippen LogP contribution in [0.2, 0.25) is 0 Å². The molecular weight excluding hydrogens is 512 g/mol. The number of hydrogen-bond acceptors (Lipinski definition) is 9. The van der Waals surface area contributed by atoms with E-state index in [1.807, 2.05) is 23.9 Å². The number of furan rings is 1. The topological polar surface area (TPSA) is 179 Å². The van der Waals surface area contributed by atoms with Gasteiger partial charge in [-0.05, 0) is 38.9 Å². The van der Waals surface area contributed by atoms with Crippen LogP contribution in [0.25, 0.3) is 6.20 Å². The molecule has 0 saturated carbocycles. The molecule has 2 aromatic rings. The standard InChI is InChI=1S/C20H30N4O2.C6H8O7/c1-4-24-18(3)19(14-21-24)15-23(16-20-7-6-17(2)26-20)9-5-8-22-10-12-25-13-11-22;7-3(8)1-6(13,5(11)12)2-4(9)10/h4,6-7,14H,1,5,8-13,15-16H2,2-3H3;13H,1-2H2,(H,7,8)(H,9,10)(H,11,12). The van der Waals surface area contributed by atoms with Crippen molar-refractivity contribution >= 4 is 24.1 Å². The van der Waals surface area contributed by atoms with Gasteiger partial charge in [-0.3, -0.25) is 19.4 Å². The number of carbonyl (C=O) groups is 3. The van der Waals surface area contributed by atoms with Crippen LogP contribution in [0.3, 0.4) is 0 Å². The fraction of sp³-hybridized carbons (Fsp3) is 0.538. The lowest BCUT2D eigenvalue weighted by Gasteiger charge is -2.28. The Balaban J connectivity index is 0.000000349. The predicted molar refractivity (Wildman–Crippen MR) is 140 cm³/mol. The molecule has 0 aliphatic carbocycles. The van der Waals surface area contributed by atoms with E-state index >= 15 is 0 Å². The third-order valence-corrected chi connectivity index (χ3v) is 6.23. The van der Waals surface area contributed by atoms with Gasteiger partial charge < -0.3 is 29.6 Å². The molecule has 39 heavy (non-hydrogen) atoms. The predicted octanol–water partition coefficient (Wildman–Crippen LogP) is 1.67. The van der Waals surface area contributed by atoms with Crippen molar-refractivity contribution in [1.29, 1.82) is 0 Å². The number of hydrogen-bond donors (Lipinski definition) is 4. The third-order valence-electron chi connectivity index (χ3n) is 6.23. The van der Waals surface area contributed by atoms with Crippen LogP contribution in [-0.2, 0) is 32.2 Å². The van der Waals surface area contributed by atoms with Crippen LogP contribution in [-0.4, -0.2) is 103 Å². The molecule has 216 valence electrons. The number of ether oxygens (including phenoxy) is 1. The van der Waals surface area contributed by atoms with E-state index < -0.39 is 36.4 Å². The van der Waals surface area contributed by atoms with E-state index in [-0.39, 0.29) is 0 Å². The molecule has 0 bridgehead atoms. The number of aromatic nitrogens is 2. The first kappa shape index (κ1) is 31.7. The number of aliphatic carboxylic acids is 3. The van der Waals surface area contributed by atoms with E-state index in [1.165, 1.54) is 5.56 Å². The van der Waals surface area contributed by atoms with Crippen LogP contribution in [0.1, 0.15) is 42.0 Å². The number of morpholine rings is 1. The summed E-state index contributed by atoms with van der Waals surface area (Å²) in [5.74, 6) is -3.04. The molecule has 1 aliphatic heterocycles. The summed E-state index contributed by atoms with van der Waals surface area (Å²) in [6.07, 6.45) is 2.54. The molecule has 3 rings (SSSR count). The molecule has 13 nitrogen and oxygen atoms in total. The fourth-order valence-electron chi connectivity index (χ4n) is 4.10. The van der Waals surface area contributed by atoms with Gasteiger partial charge in [0.1, 0.15) is 11.5 Å². The Kier molecular flexibility index (Phi) is 12.3. The highest BCUT2D eigenvalue weighted by molar-refractivity contribution is 5.88. The van der Waals surface area contributed by atoms with Crippen molar-refractivity contribution in [2.75, 3.05) is 39.4 Å². The fourth-order valence-corrected chi connectivity index (χ4v) is 4.10. The molecule has 4 N–H and O–H groups in total. The minimum atomic E-state index is -2.74. The summed E-state index contributed by atoms with van der Waals surface area (Å²) in [4.78, 5) is 35.4. The van der Waals surface area contributed by atoms with Crippen LogP contribution in [0.5, 0.6) is 0 Å². The maximum Gasteiger partial charge on any atom is 0.336 e. The van der Waals surface area contributed by atoms with Gasteiger partial charge in [-0.25, -0.2) is 9.48 Å². The van der Waals surface area contributed by atoms with E-state index in [0.717, 1.165) is 76.1 Å². The van der Waals surface area contributed by atoms with Crippen LogP contribution in [0, 0.1) is 13.8 Å². The Morgan fingerprint density at radius 2 is 1.74 bits per heavy atom. The molecule has 0 radical (unpaired) electrons. The van der Waals surface area contributed by atoms with Crippen LogP contribution >= 0.6 is 0 Å². The number of aliphatic hydroxyl groups is 1. The summed E-state index contributed by atoms with van der Waals surface area (Å²) in [6.45, 7) is 15.5. The third kappa shape index (κ3) is 10.6. The number of rotatable bonds is 14. The summed E-state index contributed by atoms with van der Waals surface area (Å²) in [7, 11) is 0. The summed E-state index contributed by atoms with van der Waals surface area (Å²) in [5.41, 5.74) is -0.356. The lowest BCUT2D eigenvalue weighted by Crippen LogP contribution is -2.42. The van der Waals surface area contributed by atoms with Crippen molar-refractivity contribution in [2.45, 2.75) is 51.8 Å². The molecule has 1 fully saturated rings. The lowest BCUT2D eigenvalue weighted by atomic mass is 9.96. The number of carboxylic acids is 3. The quantitative estimate of drug-likeness (QED) is 0.268. The van der Waals surface area contributed by atoms with Crippen molar-refractivity contribution in [2.24, 2.45) is 0 Å². The molecule has 13 heteroatoms. The first-order valence-corrected chi connectivity index (χ1v) is 12.6. The molecule has 0 spiro atoms. The largest absolute Gasteiger partial charge is 0.481 e. The van der Waals surface area contributed by atoms with Crippen molar-refractivity contribution in [3.8, 4) is 0 Å². The average Bonchev–Trinajstić information content (AvgIpc) is 3.43. The molecule has 0 unspecified atom stereocenters. The van der Waals surface area contributed by atoms with Crippen molar-refractivity contribution in [3.05, 3.63) is 47.7 Å². The highest BCUT2D eigenvalue weighted by Crippen LogP contribution is 2.17. The first-order valence-electron chi connectivity index (χ1n) is 12.6. The molecule has 1 saturated heterocycles. The average molecular weight is 551 g/mol. The summed E-state index contributed by atoms with van der Waals surface area (Å²) in [5, 5.41) is 38.2. The van der Waals surface area contributed by atoms with Gasteiger partial charge in [-0.15, -0.1) is 0 Å². The summed E-state index contributed by atoms with van der Waals surface area (Å²) in [6, 6.07) is 4.10. The van der Waals surface area contributed by atoms with Crippen molar-refractivity contribution < 1.29 is 44.0 Å². The molecule has 0 atom stereocenters. The van der Waals surface area contributed by atoms with Gasteiger partial charge in [-0.2, -0.15) is 5.10 Å². The normalized spacial score (nSPS) is 14.1. The van der Waals surface area contributed by atoms with E-state index in [9.17, 15) is 14.4 Å². The Morgan fingerprint density at radius 1 is 1.10 bits per heavy atom. The highest BCUT2D eigenvalue weighted by Gasteiger charge is 2.40. The first-order chi connectivity index (χ1) is 18.4. The summed E-state index contributed by atoms with van der Waals surface area (Å²) < 4.78 is 13.1. The number of nitrogens with zero attached hydrogens (tertiary/aromatic N) is 4. The molecule has 1 aliphatic rings. The monoisotopic (exact) mass is 550 g/mol. The van der Waals surface area contributed by atoms with E-state index in [2.05, 4.69) is 34.5 Å². The van der Waals surface area contributed by atoms with Gasteiger partial charge in [0.15, 0.2) is 5.60 Å². The minimum absolute atomic E-state index is 0.815. The van der Waals surface area contributed by atoms with Gasteiger partial charge in [0.2, 0.25) is 0 Å². The zero-order valence-corrected chi connectivity index (χ0v) is 22.4. The second kappa shape index (κ2) is 15.2. The Bertz CT molecular complexity index is 1090. The van der Waals surface area contributed by atoms with Crippen molar-refractivity contribution in [1.82, 2.24) is 19.6 Å². The maximum absolute atomic E-state index is 10.3. The Labute approximate surface area is 226 Å². The van der Waals surface area contributed by atoms with E-state index in [1.54, 1.807) is 6.20 Å². The maximum atomic E-state index is 10.3. The zero-order chi connectivity index (χ0) is 29.0. The van der Waals surface area contributed by atoms with Gasteiger partial charge in [0.05, 0.1) is 38.8 Å². The second-order valence-electron chi connectivity index (χ2n) is 9.39. The number of aryl methyl sites for hydroxylation is 1. The van der Waals surface area contributed by atoms with Crippen molar-refractivity contribution in [3.63, 3.8) is 0 Å². The van der Waals surface area contributed by atoms with Crippen LogP contribution < -0.4 is 0 Å². The Morgan fingerprint density at radius 3 is 2.23 bits per heavy atom. The van der Waals surface area contributed by atoms with Gasteiger partial charge >= 0.3 is 17.9 Å². The smallest absolute Gasteiger partial charge is 0.336 e. The van der Waals surface area contributed by atoms with Gasteiger partial charge in [-0.1, -0.05) is 6.58 Å². The van der Waals surface area contributed by atoms with Crippen LogP contribution in [0.15, 0.2) is 29.3 Å². The Hall–Kier alpha value is -3.52. The highest BCUT2D eigenvalue weighted by atomic mass is 16.5. The van der Waals surface area contributed by atoms with Gasteiger partial charge in [0.25, 0.3) is 0 Å². The number of carboxylic acid groups (broad SMARTS) is 3. The second-order valence-corrected chi connectivity index (χ2v) is 9.39. The molecule has 0 amide bonds. The molecule has 3 heterocycles. The molecular formula is C26H38N4O9. The van der Waals surface area contributed by atoms with Crippen LogP contribution in [0.4, 0.5) is 0 Å². The molecule has 0 aromatic carbocycles. The van der Waals surface area contributed by atoms with Gasteiger partial charge in [0, 0.05) is 43.6 Å². The lowest BCUT2D eigenvalue weighted by molar-refractivity contribution is -0.170. The summed E-state index contributed by atoms with van der Waals surface area (Å²) >= 11 is 0. The zero-order valence-electron chi connectivity index (χ0n) is 22.4. The van der Waals surface area contributed by atoms with E-state index in [4.69, 9.17) is 29.6 Å². The van der Waals surface area contributed by atoms with E-state index in [0.29, 0.717) is 0 Å². The minimum Gasteiger partial charge on any atom is -0.481 e. The SMILES string of the molecule is C=Cn1ncc(CN(CCCN2CCOCC2)Cc2ccc(C)o2)c1C.O=C(O)CC(O)(CC(=O)O)C(=O)O. The molecule has 2 aromatic heterocycles.